The third-order valence-electron chi connectivity index (χ3n) is 7.28. The highest BCUT2D eigenvalue weighted by molar-refractivity contribution is 7.93. The zero-order valence-electron chi connectivity index (χ0n) is 26.2. The SMILES string of the molecule is C[C@H](Oc1cc(-c2nn(C)c3c(-c4cnn(CCOCCOCC(=O)O)c4)cnc(N)c23)ccc1NS(=O)(=O)C(F)F)c1ccc(F)cc1. The number of carbonyl (C=O) groups is 1. The number of fused-ring (bicyclic) bond motifs is 1. The molecule has 14 nitrogen and oxygen atoms in total. The van der Waals surface area contributed by atoms with Crippen LogP contribution in [-0.2, 0) is 37.9 Å². The number of nitrogen functional groups attached to an aromatic ring is 1. The largest absolute Gasteiger partial charge is 0.484 e. The normalized spacial score (nSPS) is 12.4. The van der Waals surface area contributed by atoms with Crippen LogP contribution in [0.25, 0.3) is 33.3 Å². The number of nitrogens with zero attached hydrogens (tertiary/aromatic N) is 5. The number of aryl methyl sites for hydroxylation is 1. The summed E-state index contributed by atoms with van der Waals surface area (Å²) in [7, 11) is -3.34. The molecule has 0 aliphatic heterocycles. The van der Waals surface area contributed by atoms with Gasteiger partial charge in [0, 0.05) is 36.1 Å². The van der Waals surface area contributed by atoms with Crippen LogP contribution >= 0.6 is 0 Å². The molecule has 0 bridgehead atoms. The van der Waals surface area contributed by atoms with Gasteiger partial charge in [-0.3, -0.25) is 14.1 Å². The Morgan fingerprint density at radius 1 is 1.06 bits per heavy atom. The van der Waals surface area contributed by atoms with Gasteiger partial charge in [-0.05, 0) is 36.8 Å². The minimum atomic E-state index is -5.05. The maximum absolute atomic E-state index is 13.5. The van der Waals surface area contributed by atoms with Crippen LogP contribution in [0.15, 0.2) is 61.1 Å². The summed E-state index contributed by atoms with van der Waals surface area (Å²) >= 11 is 0. The number of halogens is 3. The highest BCUT2D eigenvalue weighted by atomic mass is 32.2. The van der Waals surface area contributed by atoms with E-state index in [0.29, 0.717) is 52.0 Å². The monoisotopic (exact) mass is 703 g/mol. The number of benzene rings is 2. The Bertz CT molecular complexity index is 2050. The molecule has 0 aliphatic carbocycles. The standard InChI is InChI=1S/C31H32F3N7O7S/c1-18(19-3-6-22(32)7-4-19)48-25-13-20(5-8-24(25)39-49(44,45)31(33)34)28-27-29(40(2)38-28)23(15-36-30(27)35)21-14-37-41(16-21)9-10-46-11-12-47-17-26(42)43/h3-8,13-16,18,31,39H,9-12,17H2,1-2H3,(H2,35,36)(H,42,43)/t18-/m0/s1. The molecule has 0 unspecified atom stereocenters. The van der Waals surface area contributed by atoms with Gasteiger partial charge in [0.1, 0.15) is 35.8 Å². The molecule has 0 amide bonds. The van der Waals surface area contributed by atoms with E-state index >= 15 is 0 Å². The molecule has 5 aromatic rings. The lowest BCUT2D eigenvalue weighted by Gasteiger charge is -2.19. The first-order valence-electron chi connectivity index (χ1n) is 14.7. The van der Waals surface area contributed by atoms with Crippen LogP contribution in [0.5, 0.6) is 5.75 Å². The third-order valence-corrected chi connectivity index (χ3v) is 8.26. The number of carboxylic acid groups (broad SMARTS) is 1. The number of pyridine rings is 1. The molecule has 4 N–H and O–H groups in total. The van der Waals surface area contributed by atoms with Crippen molar-refractivity contribution in [1.82, 2.24) is 24.5 Å². The lowest BCUT2D eigenvalue weighted by molar-refractivity contribution is -0.142. The van der Waals surface area contributed by atoms with Crippen LogP contribution in [0.3, 0.4) is 0 Å². The van der Waals surface area contributed by atoms with Crippen LogP contribution in [0.1, 0.15) is 18.6 Å². The lowest BCUT2D eigenvalue weighted by Crippen LogP contribution is -2.21. The second kappa shape index (κ2) is 14.9. The maximum atomic E-state index is 13.5. The van der Waals surface area contributed by atoms with Crippen LogP contribution in [0.2, 0.25) is 0 Å². The highest BCUT2D eigenvalue weighted by Crippen LogP contribution is 2.40. The van der Waals surface area contributed by atoms with E-state index in [4.69, 9.17) is 25.1 Å². The van der Waals surface area contributed by atoms with Gasteiger partial charge < -0.3 is 25.1 Å². The fraction of sp³-hybridized carbons (Fsp3) is 0.290. The van der Waals surface area contributed by atoms with Gasteiger partial charge in [0.25, 0.3) is 10.0 Å². The molecule has 0 aliphatic rings. The van der Waals surface area contributed by atoms with E-state index in [0.717, 1.165) is 0 Å². The number of alkyl halides is 2. The molecule has 2 aromatic carbocycles. The maximum Gasteiger partial charge on any atom is 0.355 e. The van der Waals surface area contributed by atoms with Gasteiger partial charge in [0.15, 0.2) is 0 Å². The third kappa shape index (κ3) is 8.27. The number of nitrogens with one attached hydrogen (secondary N) is 1. The molecular formula is C31H32F3N7O7S. The summed E-state index contributed by atoms with van der Waals surface area (Å²) < 4.78 is 85.9. The van der Waals surface area contributed by atoms with Gasteiger partial charge in [-0.15, -0.1) is 0 Å². The molecule has 49 heavy (non-hydrogen) atoms. The second-order valence-corrected chi connectivity index (χ2v) is 12.4. The Hall–Kier alpha value is -5.20. The van der Waals surface area contributed by atoms with Gasteiger partial charge in [-0.25, -0.2) is 22.6 Å². The van der Waals surface area contributed by atoms with E-state index in [1.165, 1.54) is 42.5 Å². The first-order valence-corrected chi connectivity index (χ1v) is 16.3. The van der Waals surface area contributed by atoms with E-state index in [2.05, 4.69) is 15.2 Å². The fourth-order valence-corrected chi connectivity index (χ4v) is 5.52. The number of ether oxygens (including phenoxy) is 3. The van der Waals surface area contributed by atoms with Crippen molar-refractivity contribution in [3.63, 3.8) is 0 Å². The van der Waals surface area contributed by atoms with Crippen molar-refractivity contribution in [1.29, 1.82) is 0 Å². The number of hydrogen-bond donors (Lipinski definition) is 3. The number of aromatic nitrogens is 5. The van der Waals surface area contributed by atoms with E-state index in [9.17, 15) is 26.4 Å². The van der Waals surface area contributed by atoms with Crippen LogP contribution in [0, 0.1) is 5.82 Å². The first kappa shape index (κ1) is 35.1. The lowest BCUT2D eigenvalue weighted by atomic mass is 10.0. The first-order chi connectivity index (χ1) is 23.3. The minimum Gasteiger partial charge on any atom is -0.484 e. The summed E-state index contributed by atoms with van der Waals surface area (Å²) in [5.74, 6) is -5.15. The topological polar surface area (TPSA) is 186 Å². The summed E-state index contributed by atoms with van der Waals surface area (Å²) in [5, 5.41) is 18.1. The molecule has 0 radical (unpaired) electrons. The van der Waals surface area contributed by atoms with Gasteiger partial charge in [-0.1, -0.05) is 18.2 Å². The summed E-state index contributed by atoms with van der Waals surface area (Å²) in [6, 6.07) is 9.66. The Morgan fingerprint density at radius 3 is 2.51 bits per heavy atom. The quantitative estimate of drug-likeness (QED) is 0.123. The Balaban J connectivity index is 1.45. The van der Waals surface area contributed by atoms with E-state index in [1.54, 1.807) is 41.9 Å². The molecule has 260 valence electrons. The molecule has 0 fully saturated rings. The summed E-state index contributed by atoms with van der Waals surface area (Å²) in [6.45, 7) is 2.31. The Labute approximate surface area is 278 Å². The minimum absolute atomic E-state index is 0.0861. The van der Waals surface area contributed by atoms with Crippen molar-refractivity contribution in [3.8, 4) is 28.1 Å². The molecule has 18 heteroatoms. The number of aliphatic carboxylic acids is 1. The molecule has 0 spiro atoms. The smallest absolute Gasteiger partial charge is 0.355 e. The number of nitrogens with two attached hydrogens (primary N) is 1. The van der Waals surface area contributed by atoms with Crippen LogP contribution in [-0.4, -0.2) is 76.2 Å². The van der Waals surface area contributed by atoms with Crippen molar-refractivity contribution in [2.24, 2.45) is 7.05 Å². The molecule has 1 atom stereocenters. The van der Waals surface area contributed by atoms with Crippen molar-refractivity contribution < 1.29 is 45.7 Å². The predicted molar refractivity (Wildman–Crippen MR) is 173 cm³/mol. The number of rotatable bonds is 16. The fourth-order valence-electron chi connectivity index (χ4n) is 4.95. The van der Waals surface area contributed by atoms with E-state index < -0.39 is 40.3 Å². The van der Waals surface area contributed by atoms with Crippen molar-refractivity contribution >= 4 is 38.4 Å². The molecule has 3 aromatic heterocycles. The van der Waals surface area contributed by atoms with Gasteiger partial charge in [0.05, 0.1) is 49.2 Å². The molecule has 0 saturated heterocycles. The number of sulfonamides is 1. The van der Waals surface area contributed by atoms with Gasteiger partial charge in [0.2, 0.25) is 0 Å². The van der Waals surface area contributed by atoms with Crippen LogP contribution in [0.4, 0.5) is 24.7 Å². The average molecular weight is 704 g/mol. The van der Waals surface area contributed by atoms with Gasteiger partial charge >= 0.3 is 11.7 Å². The zero-order chi connectivity index (χ0) is 35.3. The number of anilines is 2. The van der Waals surface area contributed by atoms with Gasteiger partial charge in [-0.2, -0.15) is 19.0 Å². The van der Waals surface area contributed by atoms with Crippen molar-refractivity contribution in [2.45, 2.75) is 25.3 Å². The predicted octanol–water partition coefficient (Wildman–Crippen LogP) is 4.44. The van der Waals surface area contributed by atoms with Crippen LogP contribution < -0.4 is 15.2 Å². The van der Waals surface area contributed by atoms with E-state index in [1.807, 2.05) is 4.72 Å². The Morgan fingerprint density at radius 2 is 1.80 bits per heavy atom. The summed E-state index contributed by atoms with van der Waals surface area (Å²) in [4.78, 5) is 14.9. The molecular weight excluding hydrogens is 671 g/mol. The highest BCUT2D eigenvalue weighted by Gasteiger charge is 2.27. The van der Waals surface area contributed by atoms with E-state index in [-0.39, 0.29) is 30.5 Å². The summed E-state index contributed by atoms with van der Waals surface area (Å²) in [6.07, 6.45) is 4.27. The average Bonchev–Trinajstić information content (AvgIpc) is 3.67. The van der Waals surface area contributed by atoms with Crippen molar-refractivity contribution in [3.05, 3.63) is 72.4 Å². The second-order valence-electron chi connectivity index (χ2n) is 10.7. The number of hydrogen-bond acceptors (Lipinski definition) is 10. The Kier molecular flexibility index (Phi) is 10.7. The molecule has 3 heterocycles. The zero-order valence-corrected chi connectivity index (χ0v) is 27.0. The molecule has 0 saturated carbocycles. The number of carboxylic acids is 1. The summed E-state index contributed by atoms with van der Waals surface area (Å²) in [5.41, 5.74) is 9.41. The van der Waals surface area contributed by atoms with Crippen molar-refractivity contribution in [2.75, 3.05) is 36.9 Å². The molecule has 5 rings (SSSR count).